The lowest BCUT2D eigenvalue weighted by Gasteiger charge is -2.18. The Labute approximate surface area is 114 Å². The third kappa shape index (κ3) is 3.80. The minimum absolute atomic E-state index is 0.0345. The summed E-state index contributed by atoms with van der Waals surface area (Å²) in [6, 6.07) is 5.18. The van der Waals surface area contributed by atoms with Gasteiger partial charge < -0.3 is 5.73 Å². The lowest BCUT2D eigenvalue weighted by atomic mass is 10.0. The number of aryl methyl sites for hydroxylation is 1. The number of anilines is 1. The van der Waals surface area contributed by atoms with Gasteiger partial charge in [0.2, 0.25) is 0 Å². The van der Waals surface area contributed by atoms with E-state index in [1.54, 1.807) is 32.9 Å². The highest BCUT2D eigenvalue weighted by atomic mass is 32.2. The van der Waals surface area contributed by atoms with E-state index < -0.39 is 14.6 Å². The monoisotopic (exact) mass is 283 g/mol. The van der Waals surface area contributed by atoms with Crippen LogP contribution in [0.2, 0.25) is 0 Å². The zero-order valence-corrected chi connectivity index (χ0v) is 12.7. The van der Waals surface area contributed by atoms with Crippen molar-refractivity contribution in [2.75, 3.05) is 11.5 Å². The Balaban J connectivity index is 2.85. The maximum atomic E-state index is 12.0. The standard InChI is InChI=1S/C14H21NO3S/c1-10-5-6-12(15)11(9-10)13(16)7-8-19(17,18)14(2,3)4/h5-6,9H,7-8,15H2,1-4H3. The summed E-state index contributed by atoms with van der Waals surface area (Å²) in [6.07, 6.45) is -0.0345. The van der Waals surface area contributed by atoms with E-state index >= 15 is 0 Å². The molecule has 0 heterocycles. The van der Waals surface area contributed by atoms with Crippen LogP contribution in [0.3, 0.4) is 0 Å². The maximum absolute atomic E-state index is 12.0. The van der Waals surface area contributed by atoms with Crippen LogP contribution in [-0.2, 0) is 9.84 Å². The van der Waals surface area contributed by atoms with Crippen molar-refractivity contribution in [1.29, 1.82) is 0 Å². The summed E-state index contributed by atoms with van der Waals surface area (Å²) >= 11 is 0. The van der Waals surface area contributed by atoms with Crippen LogP contribution in [0.15, 0.2) is 18.2 Å². The highest BCUT2D eigenvalue weighted by molar-refractivity contribution is 7.92. The number of Topliss-reactive ketones (excluding diaryl/α,β-unsaturated/α-hetero) is 1. The third-order valence-electron chi connectivity index (χ3n) is 3.04. The first-order valence-electron chi connectivity index (χ1n) is 6.16. The molecule has 5 heteroatoms. The molecule has 1 aromatic rings. The van der Waals surface area contributed by atoms with Crippen LogP contribution in [0.4, 0.5) is 5.69 Å². The first kappa shape index (κ1) is 15.7. The Morgan fingerprint density at radius 1 is 1.26 bits per heavy atom. The molecule has 0 saturated carbocycles. The van der Waals surface area contributed by atoms with Crippen LogP contribution in [0.1, 0.15) is 43.1 Å². The van der Waals surface area contributed by atoms with Gasteiger partial charge in [0, 0.05) is 17.7 Å². The van der Waals surface area contributed by atoms with E-state index in [2.05, 4.69) is 0 Å². The van der Waals surface area contributed by atoms with Crippen LogP contribution in [0, 0.1) is 6.92 Å². The van der Waals surface area contributed by atoms with Gasteiger partial charge in [0.15, 0.2) is 15.6 Å². The summed E-state index contributed by atoms with van der Waals surface area (Å²) in [4.78, 5) is 12.0. The van der Waals surface area contributed by atoms with Crippen molar-refractivity contribution in [2.24, 2.45) is 0 Å². The van der Waals surface area contributed by atoms with E-state index in [0.29, 0.717) is 11.3 Å². The van der Waals surface area contributed by atoms with Crippen molar-refractivity contribution >= 4 is 21.3 Å². The van der Waals surface area contributed by atoms with E-state index in [4.69, 9.17) is 5.73 Å². The van der Waals surface area contributed by atoms with Gasteiger partial charge in [-0.1, -0.05) is 11.6 Å². The molecule has 0 aromatic heterocycles. The topological polar surface area (TPSA) is 77.2 Å². The van der Waals surface area contributed by atoms with E-state index in [1.807, 2.05) is 13.0 Å². The van der Waals surface area contributed by atoms with Gasteiger partial charge in [0.05, 0.1) is 10.5 Å². The number of hydrogen-bond donors (Lipinski definition) is 1. The van der Waals surface area contributed by atoms with Gasteiger partial charge >= 0.3 is 0 Å². The van der Waals surface area contributed by atoms with Gasteiger partial charge in [-0.25, -0.2) is 8.42 Å². The minimum atomic E-state index is -3.29. The predicted molar refractivity (Wildman–Crippen MR) is 78.1 cm³/mol. The molecule has 0 aliphatic carbocycles. The molecule has 0 spiro atoms. The molecule has 19 heavy (non-hydrogen) atoms. The van der Waals surface area contributed by atoms with Crippen molar-refractivity contribution in [2.45, 2.75) is 38.9 Å². The number of carbonyl (C=O) groups is 1. The van der Waals surface area contributed by atoms with E-state index in [9.17, 15) is 13.2 Å². The quantitative estimate of drug-likeness (QED) is 0.679. The van der Waals surface area contributed by atoms with Crippen molar-refractivity contribution < 1.29 is 13.2 Å². The molecule has 2 N–H and O–H groups in total. The molecule has 0 unspecified atom stereocenters. The largest absolute Gasteiger partial charge is 0.398 e. The van der Waals surface area contributed by atoms with Crippen molar-refractivity contribution in [1.82, 2.24) is 0 Å². The van der Waals surface area contributed by atoms with Gasteiger partial charge in [-0.15, -0.1) is 0 Å². The molecular weight excluding hydrogens is 262 g/mol. The molecule has 0 bridgehead atoms. The van der Waals surface area contributed by atoms with Crippen LogP contribution >= 0.6 is 0 Å². The molecule has 0 radical (unpaired) electrons. The van der Waals surface area contributed by atoms with Crippen molar-refractivity contribution in [3.05, 3.63) is 29.3 Å². The second kappa shape index (κ2) is 5.33. The molecule has 0 aliphatic rings. The molecule has 0 atom stereocenters. The Kier molecular flexibility index (Phi) is 4.40. The zero-order chi connectivity index (χ0) is 14.8. The lowest BCUT2D eigenvalue weighted by Crippen LogP contribution is -2.31. The number of sulfone groups is 1. The number of nitrogen functional groups attached to an aromatic ring is 1. The average molecular weight is 283 g/mol. The van der Waals surface area contributed by atoms with Crippen molar-refractivity contribution in [3.8, 4) is 0 Å². The Hall–Kier alpha value is -1.36. The zero-order valence-electron chi connectivity index (χ0n) is 11.9. The Morgan fingerprint density at radius 2 is 1.84 bits per heavy atom. The van der Waals surface area contributed by atoms with E-state index in [0.717, 1.165) is 5.56 Å². The molecular formula is C14H21NO3S. The van der Waals surface area contributed by atoms with Crippen LogP contribution in [-0.4, -0.2) is 24.7 Å². The van der Waals surface area contributed by atoms with E-state index in [-0.39, 0.29) is 18.0 Å². The predicted octanol–water partition coefficient (Wildman–Crippen LogP) is 2.36. The number of nitrogens with two attached hydrogens (primary N) is 1. The first-order chi connectivity index (χ1) is 8.54. The molecule has 106 valence electrons. The van der Waals surface area contributed by atoms with Crippen LogP contribution in [0.25, 0.3) is 0 Å². The number of benzene rings is 1. The smallest absolute Gasteiger partial charge is 0.165 e. The van der Waals surface area contributed by atoms with Gasteiger partial charge in [0.25, 0.3) is 0 Å². The summed E-state index contributed by atoms with van der Waals surface area (Å²) in [6.45, 7) is 6.76. The SMILES string of the molecule is Cc1ccc(N)c(C(=O)CCS(=O)(=O)C(C)(C)C)c1. The first-order valence-corrected chi connectivity index (χ1v) is 7.81. The van der Waals surface area contributed by atoms with Gasteiger partial charge in [-0.05, 0) is 39.8 Å². The highest BCUT2D eigenvalue weighted by Gasteiger charge is 2.29. The van der Waals surface area contributed by atoms with Crippen LogP contribution in [0.5, 0.6) is 0 Å². The highest BCUT2D eigenvalue weighted by Crippen LogP contribution is 2.20. The molecule has 0 aliphatic heterocycles. The Morgan fingerprint density at radius 3 is 2.37 bits per heavy atom. The fraction of sp³-hybridized carbons (Fsp3) is 0.500. The van der Waals surface area contributed by atoms with Crippen molar-refractivity contribution in [3.63, 3.8) is 0 Å². The number of hydrogen-bond acceptors (Lipinski definition) is 4. The third-order valence-corrected chi connectivity index (χ3v) is 5.65. The van der Waals surface area contributed by atoms with E-state index in [1.165, 1.54) is 0 Å². The number of ketones is 1. The summed E-state index contributed by atoms with van der Waals surface area (Å²) in [5.74, 6) is -0.378. The molecule has 1 rings (SSSR count). The van der Waals surface area contributed by atoms with Gasteiger partial charge in [-0.2, -0.15) is 0 Å². The minimum Gasteiger partial charge on any atom is -0.398 e. The lowest BCUT2D eigenvalue weighted by molar-refractivity contribution is 0.0989. The summed E-state index contributed by atoms with van der Waals surface area (Å²) in [7, 11) is -3.29. The second-order valence-electron chi connectivity index (χ2n) is 5.70. The summed E-state index contributed by atoms with van der Waals surface area (Å²) in [5, 5.41) is 0. The second-order valence-corrected chi connectivity index (χ2v) is 8.56. The maximum Gasteiger partial charge on any atom is 0.165 e. The number of rotatable bonds is 4. The fourth-order valence-corrected chi connectivity index (χ4v) is 2.65. The Bertz CT molecular complexity index is 583. The fourth-order valence-electron chi connectivity index (χ4n) is 1.58. The van der Waals surface area contributed by atoms with Gasteiger partial charge in [0.1, 0.15) is 0 Å². The van der Waals surface area contributed by atoms with Gasteiger partial charge in [-0.3, -0.25) is 4.79 Å². The average Bonchev–Trinajstić information content (AvgIpc) is 2.28. The molecule has 0 amide bonds. The molecule has 4 nitrogen and oxygen atoms in total. The normalized spacial score (nSPS) is 12.4. The summed E-state index contributed by atoms with van der Waals surface area (Å²) < 4.78 is 23.1. The van der Waals surface area contributed by atoms with Crippen LogP contribution < -0.4 is 5.73 Å². The molecule has 0 fully saturated rings. The molecule has 1 aromatic carbocycles. The summed E-state index contributed by atoms with van der Waals surface area (Å²) in [5.41, 5.74) is 7.47. The number of carbonyl (C=O) groups excluding carboxylic acids is 1. The molecule has 0 saturated heterocycles.